The molecule has 6 nitrogen and oxygen atoms in total. The van der Waals surface area contributed by atoms with Crippen LogP contribution < -0.4 is 9.80 Å². The van der Waals surface area contributed by atoms with Crippen LogP contribution in [0.25, 0.3) is 0 Å². The van der Waals surface area contributed by atoms with E-state index in [1.54, 1.807) is 22.0 Å². The van der Waals surface area contributed by atoms with Crippen LogP contribution in [0, 0.1) is 0 Å². The first-order valence-corrected chi connectivity index (χ1v) is 12.0. The number of carbonyl (C=O) groups excluding carboxylic acids is 2. The number of para-hydroxylation sites is 2. The minimum atomic E-state index is -0.675. The lowest BCUT2D eigenvalue weighted by Gasteiger charge is -2.18. The summed E-state index contributed by atoms with van der Waals surface area (Å²) in [5.74, 6) is -0.194. The van der Waals surface area contributed by atoms with Crippen molar-refractivity contribution in [2.45, 2.75) is 25.4 Å². The SMILES string of the molecule is C=CCN1C(=O)C(OCc2ccccc2COC2C(=O)N(CC=C)c3ccccc32)c2ccccc21. The number of carbonyl (C=O) groups is 2. The number of fused-ring (bicyclic) bond motifs is 2. The third-order valence-corrected chi connectivity index (χ3v) is 6.55. The highest BCUT2D eigenvalue weighted by Gasteiger charge is 2.38. The van der Waals surface area contributed by atoms with Crippen LogP contribution in [0.1, 0.15) is 34.5 Å². The van der Waals surface area contributed by atoms with E-state index in [9.17, 15) is 9.59 Å². The molecular weight excluding hydrogens is 452 g/mol. The van der Waals surface area contributed by atoms with E-state index in [2.05, 4.69) is 13.2 Å². The van der Waals surface area contributed by atoms with Crippen molar-refractivity contribution in [1.82, 2.24) is 0 Å². The summed E-state index contributed by atoms with van der Waals surface area (Å²) >= 11 is 0. The van der Waals surface area contributed by atoms with E-state index in [0.29, 0.717) is 13.1 Å². The molecule has 5 rings (SSSR count). The Morgan fingerprint density at radius 2 is 1.03 bits per heavy atom. The Hall–Kier alpha value is -4.00. The van der Waals surface area contributed by atoms with E-state index in [0.717, 1.165) is 33.6 Å². The first kappa shape index (κ1) is 23.7. The zero-order chi connectivity index (χ0) is 25.1. The maximum absolute atomic E-state index is 13.1. The molecule has 0 aliphatic carbocycles. The van der Waals surface area contributed by atoms with Gasteiger partial charge < -0.3 is 19.3 Å². The highest BCUT2D eigenvalue weighted by atomic mass is 16.5. The zero-order valence-electron chi connectivity index (χ0n) is 20.0. The highest BCUT2D eigenvalue weighted by Crippen LogP contribution is 2.40. The molecule has 2 amide bonds. The van der Waals surface area contributed by atoms with Gasteiger partial charge in [-0.15, -0.1) is 13.2 Å². The molecular formula is C30H28N2O4. The van der Waals surface area contributed by atoms with Crippen LogP contribution in [0.15, 0.2) is 98.1 Å². The van der Waals surface area contributed by atoms with Gasteiger partial charge in [-0.05, 0) is 23.3 Å². The Balaban J connectivity index is 1.31. The molecule has 2 aliphatic rings. The average Bonchev–Trinajstić information content (AvgIpc) is 3.33. The summed E-state index contributed by atoms with van der Waals surface area (Å²) in [5.41, 5.74) is 5.23. The summed E-state index contributed by atoms with van der Waals surface area (Å²) < 4.78 is 12.4. The lowest BCUT2D eigenvalue weighted by atomic mass is 10.1. The summed E-state index contributed by atoms with van der Waals surface area (Å²) in [4.78, 5) is 29.5. The molecule has 0 saturated carbocycles. The number of hydrogen-bond acceptors (Lipinski definition) is 4. The van der Waals surface area contributed by atoms with Crippen LogP contribution in [-0.2, 0) is 32.3 Å². The van der Waals surface area contributed by atoms with Crippen molar-refractivity contribution < 1.29 is 19.1 Å². The minimum Gasteiger partial charge on any atom is -0.359 e. The fourth-order valence-corrected chi connectivity index (χ4v) is 4.84. The molecule has 0 saturated heterocycles. The largest absolute Gasteiger partial charge is 0.359 e. The van der Waals surface area contributed by atoms with Gasteiger partial charge in [0.2, 0.25) is 0 Å². The van der Waals surface area contributed by atoms with E-state index >= 15 is 0 Å². The minimum absolute atomic E-state index is 0.0969. The van der Waals surface area contributed by atoms with Crippen molar-refractivity contribution >= 4 is 23.2 Å². The van der Waals surface area contributed by atoms with Gasteiger partial charge in [0.25, 0.3) is 11.8 Å². The first-order chi connectivity index (χ1) is 17.6. The Kier molecular flexibility index (Phi) is 6.80. The molecule has 0 aromatic heterocycles. The van der Waals surface area contributed by atoms with Gasteiger partial charge in [-0.2, -0.15) is 0 Å². The molecule has 36 heavy (non-hydrogen) atoms. The van der Waals surface area contributed by atoms with E-state index in [4.69, 9.17) is 9.47 Å². The Labute approximate surface area is 211 Å². The number of ether oxygens (including phenoxy) is 2. The van der Waals surface area contributed by atoms with Crippen LogP contribution >= 0.6 is 0 Å². The van der Waals surface area contributed by atoms with Gasteiger partial charge in [-0.3, -0.25) is 9.59 Å². The van der Waals surface area contributed by atoms with Crippen molar-refractivity contribution in [2.75, 3.05) is 22.9 Å². The molecule has 3 aromatic carbocycles. The maximum atomic E-state index is 13.1. The second-order valence-corrected chi connectivity index (χ2v) is 8.74. The molecule has 0 N–H and O–H groups in total. The lowest BCUT2D eigenvalue weighted by Crippen LogP contribution is -2.30. The Morgan fingerprint density at radius 1 is 0.639 bits per heavy atom. The van der Waals surface area contributed by atoms with Gasteiger partial charge in [0.1, 0.15) is 0 Å². The second-order valence-electron chi connectivity index (χ2n) is 8.74. The predicted molar refractivity (Wildman–Crippen MR) is 139 cm³/mol. The topological polar surface area (TPSA) is 59.1 Å². The third-order valence-electron chi connectivity index (χ3n) is 6.55. The lowest BCUT2D eigenvalue weighted by molar-refractivity contribution is -0.131. The van der Waals surface area contributed by atoms with Crippen LogP contribution in [0.3, 0.4) is 0 Å². The predicted octanol–water partition coefficient (Wildman–Crippen LogP) is 5.27. The van der Waals surface area contributed by atoms with Crippen molar-refractivity contribution in [1.29, 1.82) is 0 Å². The maximum Gasteiger partial charge on any atom is 0.261 e. The molecule has 3 aromatic rings. The molecule has 6 heteroatoms. The summed E-state index contributed by atoms with van der Waals surface area (Å²) in [5, 5.41) is 0. The first-order valence-electron chi connectivity index (χ1n) is 12.0. The molecule has 0 radical (unpaired) electrons. The van der Waals surface area contributed by atoms with Gasteiger partial charge >= 0.3 is 0 Å². The summed E-state index contributed by atoms with van der Waals surface area (Å²) in [6, 6.07) is 23.1. The monoisotopic (exact) mass is 480 g/mol. The second kappa shape index (κ2) is 10.3. The number of amides is 2. The van der Waals surface area contributed by atoms with E-state index < -0.39 is 12.2 Å². The number of nitrogens with zero attached hydrogens (tertiary/aromatic N) is 2. The van der Waals surface area contributed by atoms with Gasteiger partial charge in [-0.1, -0.05) is 72.8 Å². The molecule has 0 spiro atoms. The van der Waals surface area contributed by atoms with Crippen LogP contribution in [0.4, 0.5) is 11.4 Å². The number of rotatable bonds is 10. The molecule has 0 bridgehead atoms. The van der Waals surface area contributed by atoms with Gasteiger partial charge in [0, 0.05) is 24.2 Å². The van der Waals surface area contributed by atoms with Gasteiger partial charge in [0.15, 0.2) is 12.2 Å². The van der Waals surface area contributed by atoms with Crippen molar-refractivity contribution in [3.8, 4) is 0 Å². The van der Waals surface area contributed by atoms with Crippen LogP contribution in [0.2, 0.25) is 0 Å². The Morgan fingerprint density at radius 3 is 1.44 bits per heavy atom. The van der Waals surface area contributed by atoms with E-state index in [1.165, 1.54) is 0 Å². The number of benzene rings is 3. The standard InChI is InChI=1S/C30H28N2O4/c1-3-17-31-25-15-9-7-13-23(25)27(29(31)33)35-19-21-11-5-6-12-22(21)20-36-28-24-14-8-10-16-26(24)32(18-4-2)30(28)34/h3-16,27-28H,1-2,17-20H2. The van der Waals surface area contributed by atoms with Crippen LogP contribution in [-0.4, -0.2) is 24.9 Å². The summed E-state index contributed by atoms with van der Waals surface area (Å²) in [6.45, 7) is 8.88. The number of anilines is 2. The Bertz CT molecular complexity index is 1220. The van der Waals surface area contributed by atoms with Crippen molar-refractivity contribution in [2.24, 2.45) is 0 Å². The van der Waals surface area contributed by atoms with Crippen molar-refractivity contribution in [3.63, 3.8) is 0 Å². The quantitative estimate of drug-likeness (QED) is 0.371. The molecule has 2 aliphatic heterocycles. The summed E-state index contributed by atoms with van der Waals surface area (Å²) in [6.07, 6.45) is 2.07. The number of hydrogen-bond donors (Lipinski definition) is 0. The fourth-order valence-electron chi connectivity index (χ4n) is 4.84. The molecule has 0 fully saturated rings. The fraction of sp³-hybridized carbons (Fsp3) is 0.200. The molecule has 182 valence electrons. The average molecular weight is 481 g/mol. The van der Waals surface area contributed by atoms with Gasteiger partial charge in [0.05, 0.1) is 24.6 Å². The highest BCUT2D eigenvalue weighted by molar-refractivity contribution is 6.04. The molecule has 2 atom stereocenters. The van der Waals surface area contributed by atoms with Gasteiger partial charge in [-0.25, -0.2) is 0 Å². The van der Waals surface area contributed by atoms with E-state index in [1.807, 2.05) is 72.8 Å². The smallest absolute Gasteiger partial charge is 0.261 e. The van der Waals surface area contributed by atoms with E-state index in [-0.39, 0.29) is 25.0 Å². The molecule has 2 heterocycles. The normalized spacial score (nSPS) is 18.3. The molecule has 2 unspecified atom stereocenters. The van der Waals surface area contributed by atoms with Crippen molar-refractivity contribution in [3.05, 3.63) is 120 Å². The zero-order valence-corrected chi connectivity index (χ0v) is 20.0. The van der Waals surface area contributed by atoms with Crippen LogP contribution in [0.5, 0.6) is 0 Å². The summed E-state index contributed by atoms with van der Waals surface area (Å²) in [7, 11) is 0. The third kappa shape index (κ3) is 4.26.